The van der Waals surface area contributed by atoms with Crippen LogP contribution in [0.25, 0.3) is 22.2 Å². The lowest BCUT2D eigenvalue weighted by atomic mass is 10.0. The molecule has 0 unspecified atom stereocenters. The molecule has 0 aliphatic carbocycles. The molecule has 170 valence electrons. The Kier molecular flexibility index (Phi) is 6.31. The second kappa shape index (κ2) is 9.50. The van der Waals surface area contributed by atoms with Gasteiger partial charge >= 0.3 is 11.7 Å². The highest BCUT2D eigenvalue weighted by atomic mass is 16.6. The maximum atomic E-state index is 13.0. The Bertz CT molecular complexity index is 1420. The van der Waals surface area contributed by atoms with Crippen molar-refractivity contribution in [3.63, 3.8) is 0 Å². The monoisotopic (exact) mass is 456 g/mol. The maximum Gasteiger partial charge on any atom is 0.339 e. The van der Waals surface area contributed by atoms with E-state index in [9.17, 15) is 19.7 Å². The Balaban J connectivity index is 1.63. The van der Waals surface area contributed by atoms with Crippen LogP contribution in [0.3, 0.4) is 0 Å². The van der Waals surface area contributed by atoms with Crippen molar-refractivity contribution >= 4 is 28.3 Å². The number of Topliss-reactive ketones (excluding diaryl/α,β-unsaturated/α-hetero) is 1. The molecular weight excluding hydrogens is 436 g/mol. The van der Waals surface area contributed by atoms with E-state index in [2.05, 4.69) is 4.98 Å². The molecule has 8 nitrogen and oxygen atoms in total. The topological polar surface area (TPSA) is 109 Å². The molecule has 0 N–H and O–H groups in total. The first-order valence-electron chi connectivity index (χ1n) is 10.4. The van der Waals surface area contributed by atoms with Crippen LogP contribution >= 0.6 is 0 Å². The number of carbonyl (C=O) groups is 2. The molecule has 34 heavy (non-hydrogen) atoms. The van der Waals surface area contributed by atoms with Crippen LogP contribution in [0.4, 0.5) is 5.69 Å². The number of benzene rings is 3. The summed E-state index contributed by atoms with van der Waals surface area (Å²) < 4.78 is 10.3. The van der Waals surface area contributed by atoms with Crippen molar-refractivity contribution in [1.29, 1.82) is 0 Å². The molecule has 4 aromatic rings. The van der Waals surface area contributed by atoms with Gasteiger partial charge in [0.2, 0.25) is 5.78 Å². The molecule has 0 atom stereocenters. The van der Waals surface area contributed by atoms with E-state index in [1.807, 2.05) is 55.5 Å². The quantitative estimate of drug-likeness (QED) is 0.163. The molecule has 0 saturated heterocycles. The average Bonchev–Trinajstić information content (AvgIpc) is 2.86. The van der Waals surface area contributed by atoms with Crippen LogP contribution in [0.2, 0.25) is 0 Å². The van der Waals surface area contributed by atoms with Gasteiger partial charge in [-0.25, -0.2) is 9.78 Å². The van der Waals surface area contributed by atoms with E-state index in [1.165, 1.54) is 19.2 Å². The lowest BCUT2D eigenvalue weighted by Gasteiger charge is -2.11. The summed E-state index contributed by atoms with van der Waals surface area (Å²) in [5.41, 5.74) is 2.97. The summed E-state index contributed by atoms with van der Waals surface area (Å²) in [6.07, 6.45) is 0. The number of ketones is 1. The molecule has 0 radical (unpaired) electrons. The van der Waals surface area contributed by atoms with Gasteiger partial charge in [-0.05, 0) is 37.3 Å². The van der Waals surface area contributed by atoms with Gasteiger partial charge in [0.15, 0.2) is 12.4 Å². The number of aryl methyl sites for hydroxylation is 1. The fourth-order valence-electron chi connectivity index (χ4n) is 3.56. The van der Waals surface area contributed by atoms with Gasteiger partial charge in [-0.3, -0.25) is 14.9 Å². The van der Waals surface area contributed by atoms with Crippen molar-refractivity contribution in [3.05, 3.63) is 99.6 Å². The van der Waals surface area contributed by atoms with Crippen molar-refractivity contribution in [2.75, 3.05) is 13.7 Å². The molecule has 0 bridgehead atoms. The Hall–Kier alpha value is -4.59. The minimum absolute atomic E-state index is 0.0330. The van der Waals surface area contributed by atoms with Gasteiger partial charge in [-0.1, -0.05) is 42.0 Å². The minimum Gasteiger partial charge on any atom is -0.490 e. The van der Waals surface area contributed by atoms with E-state index >= 15 is 0 Å². The van der Waals surface area contributed by atoms with E-state index in [4.69, 9.17) is 9.47 Å². The number of methoxy groups -OCH3 is 1. The molecular formula is C26H20N2O6. The third-order valence-electron chi connectivity index (χ3n) is 5.29. The fourth-order valence-corrected chi connectivity index (χ4v) is 3.56. The molecule has 0 fully saturated rings. The van der Waals surface area contributed by atoms with E-state index in [-0.39, 0.29) is 22.6 Å². The highest BCUT2D eigenvalue weighted by molar-refractivity contribution is 6.06. The van der Waals surface area contributed by atoms with Crippen molar-refractivity contribution in [2.24, 2.45) is 0 Å². The summed E-state index contributed by atoms with van der Waals surface area (Å²) in [7, 11) is 1.30. The molecule has 1 heterocycles. The van der Waals surface area contributed by atoms with E-state index in [0.717, 1.165) is 17.2 Å². The van der Waals surface area contributed by atoms with Gasteiger partial charge < -0.3 is 9.47 Å². The number of esters is 1. The number of carbonyl (C=O) groups excluding carboxylic acids is 2. The van der Waals surface area contributed by atoms with Crippen molar-refractivity contribution in [2.45, 2.75) is 6.92 Å². The van der Waals surface area contributed by atoms with Crippen molar-refractivity contribution in [1.82, 2.24) is 4.98 Å². The summed E-state index contributed by atoms with van der Waals surface area (Å²) >= 11 is 0. The summed E-state index contributed by atoms with van der Waals surface area (Å²) in [6.45, 7) is 1.33. The Morgan fingerprint density at radius 2 is 1.76 bits per heavy atom. The summed E-state index contributed by atoms with van der Waals surface area (Å²) in [5, 5.41) is 11.8. The summed E-state index contributed by atoms with van der Waals surface area (Å²) in [5.74, 6) is -1.23. The van der Waals surface area contributed by atoms with Gasteiger partial charge in [0.25, 0.3) is 0 Å². The van der Waals surface area contributed by atoms with Crippen LogP contribution in [-0.2, 0) is 4.74 Å². The maximum absolute atomic E-state index is 13.0. The number of rotatable bonds is 7. The highest BCUT2D eigenvalue weighted by Crippen LogP contribution is 2.28. The molecule has 0 saturated carbocycles. The number of pyridine rings is 1. The van der Waals surface area contributed by atoms with E-state index in [1.54, 1.807) is 6.07 Å². The molecule has 3 aromatic carbocycles. The number of hydrogen-bond donors (Lipinski definition) is 0. The number of nitro groups is 1. The zero-order valence-electron chi connectivity index (χ0n) is 18.5. The van der Waals surface area contributed by atoms with Crippen molar-refractivity contribution in [3.8, 4) is 17.0 Å². The minimum atomic E-state index is -0.688. The normalized spacial score (nSPS) is 10.6. The molecule has 8 heteroatoms. The second-order valence-electron chi connectivity index (χ2n) is 7.58. The fraction of sp³-hybridized carbons (Fsp3) is 0.115. The third kappa shape index (κ3) is 4.61. The van der Waals surface area contributed by atoms with Gasteiger partial charge in [0, 0.05) is 22.6 Å². The highest BCUT2D eigenvalue weighted by Gasteiger charge is 2.21. The first kappa shape index (κ1) is 22.6. The average molecular weight is 456 g/mol. The van der Waals surface area contributed by atoms with Crippen LogP contribution in [0.1, 0.15) is 26.3 Å². The Morgan fingerprint density at radius 1 is 1.00 bits per heavy atom. The predicted octanol–water partition coefficient (Wildman–Crippen LogP) is 5.17. The first-order valence-corrected chi connectivity index (χ1v) is 10.4. The molecule has 0 aliphatic heterocycles. The predicted molar refractivity (Wildman–Crippen MR) is 126 cm³/mol. The Morgan fingerprint density at radius 3 is 2.47 bits per heavy atom. The first-order chi connectivity index (χ1) is 16.4. The van der Waals surface area contributed by atoms with Gasteiger partial charge in [-0.2, -0.15) is 0 Å². The summed E-state index contributed by atoms with van der Waals surface area (Å²) in [6, 6.07) is 20.4. The van der Waals surface area contributed by atoms with E-state index in [0.29, 0.717) is 16.6 Å². The largest absolute Gasteiger partial charge is 0.490 e. The number of nitro benzene ring substituents is 1. The lowest BCUT2D eigenvalue weighted by molar-refractivity contribution is -0.385. The lowest BCUT2D eigenvalue weighted by Crippen LogP contribution is -2.15. The van der Waals surface area contributed by atoms with Crippen molar-refractivity contribution < 1.29 is 24.0 Å². The zero-order valence-corrected chi connectivity index (χ0v) is 18.5. The standard InChI is InChI=1S/C26H20N2O6/c1-16-8-10-21-19(12-16)20(14-22(27-21)17-6-4-3-5-7-17)26(30)34-15-24(29)18-9-11-25(33-2)23(13-18)28(31)32/h3-14H,15H2,1-2H3. The second-order valence-corrected chi connectivity index (χ2v) is 7.58. The number of ether oxygens (including phenoxy) is 2. The molecule has 0 spiro atoms. The SMILES string of the molecule is COc1ccc(C(=O)COC(=O)c2cc(-c3ccccc3)nc3ccc(C)cc23)cc1[N+](=O)[O-]. The van der Waals surface area contributed by atoms with Crippen LogP contribution in [0, 0.1) is 17.0 Å². The van der Waals surface area contributed by atoms with Crippen LogP contribution in [0.5, 0.6) is 5.75 Å². The summed E-state index contributed by atoms with van der Waals surface area (Å²) in [4.78, 5) is 40.9. The van der Waals surface area contributed by atoms with Gasteiger partial charge in [0.05, 0.1) is 28.8 Å². The third-order valence-corrected chi connectivity index (χ3v) is 5.29. The Labute approximate surface area is 194 Å². The van der Waals surface area contributed by atoms with Crippen LogP contribution < -0.4 is 4.74 Å². The molecule has 4 rings (SSSR count). The van der Waals surface area contributed by atoms with Gasteiger partial charge in [0.1, 0.15) is 0 Å². The number of aromatic nitrogens is 1. The zero-order chi connectivity index (χ0) is 24.2. The number of nitrogens with zero attached hydrogens (tertiary/aromatic N) is 2. The number of hydrogen-bond acceptors (Lipinski definition) is 7. The van der Waals surface area contributed by atoms with Crippen LogP contribution in [0.15, 0.2) is 72.8 Å². The molecule has 0 amide bonds. The molecule has 1 aromatic heterocycles. The molecule has 0 aliphatic rings. The van der Waals surface area contributed by atoms with E-state index < -0.39 is 23.3 Å². The smallest absolute Gasteiger partial charge is 0.339 e. The van der Waals surface area contributed by atoms with Crippen LogP contribution in [-0.4, -0.2) is 35.4 Å². The number of fused-ring (bicyclic) bond motifs is 1. The van der Waals surface area contributed by atoms with Gasteiger partial charge in [-0.15, -0.1) is 0 Å².